The molecule has 0 radical (unpaired) electrons. The van der Waals surface area contributed by atoms with Gasteiger partial charge in [-0.15, -0.1) is 34.2 Å². The number of hydrogen-bond donors (Lipinski definition) is 2. The molecule has 1 aromatic heterocycles. The number of halogens is 1. The Morgan fingerprint density at radius 3 is 2.70 bits per heavy atom. The Kier molecular flexibility index (Phi) is 9.37. The molecule has 148 valence electrons. The van der Waals surface area contributed by atoms with Crippen LogP contribution >= 0.6 is 24.0 Å². The average Bonchev–Trinajstić information content (AvgIpc) is 3.21. The molecule has 0 bridgehead atoms. The number of unbranched alkanes of at least 4 members (excludes halogenated alkanes) is 1. The Hall–Kier alpha value is -1.84. The molecule has 2 N–H and O–H groups in total. The second-order valence-corrected chi connectivity index (χ2v) is 6.67. The third-order valence-corrected chi connectivity index (χ3v) is 4.71. The van der Waals surface area contributed by atoms with Gasteiger partial charge in [0.15, 0.2) is 5.96 Å². The fraction of sp³-hybridized carbons (Fsp3) is 0.526. The summed E-state index contributed by atoms with van der Waals surface area (Å²) in [5.74, 6) is 0.897. The number of anilines is 1. The second-order valence-electron chi connectivity index (χ2n) is 6.67. The highest BCUT2D eigenvalue weighted by Gasteiger charge is 2.20. The molecule has 0 saturated carbocycles. The van der Waals surface area contributed by atoms with Gasteiger partial charge in [0, 0.05) is 45.0 Å². The number of guanidine groups is 1. The molecule has 2 heterocycles. The van der Waals surface area contributed by atoms with Crippen molar-refractivity contribution in [2.75, 3.05) is 31.6 Å². The first-order chi connectivity index (χ1) is 12.8. The zero-order chi connectivity index (χ0) is 18.0. The van der Waals surface area contributed by atoms with Gasteiger partial charge in [-0.05, 0) is 37.8 Å². The maximum Gasteiger partial charge on any atom is 0.191 e. The standard InChI is InChI=1S/C19H29N7.HI/c1-20-19(21-11-5-6-12-25-15-22-23-16-25)24-17-8-7-13-26(14-17)18-9-3-2-4-10-18;/h2-4,9-10,15-17H,5-8,11-14H2,1H3,(H2,20,21,24);1H. The van der Waals surface area contributed by atoms with Crippen LogP contribution in [0.4, 0.5) is 5.69 Å². The quantitative estimate of drug-likeness (QED) is 0.274. The monoisotopic (exact) mass is 483 g/mol. The van der Waals surface area contributed by atoms with Crippen molar-refractivity contribution < 1.29 is 0 Å². The molecule has 0 spiro atoms. The third kappa shape index (κ3) is 7.00. The van der Waals surface area contributed by atoms with Crippen molar-refractivity contribution in [1.29, 1.82) is 0 Å². The van der Waals surface area contributed by atoms with Crippen LogP contribution in [0.25, 0.3) is 0 Å². The van der Waals surface area contributed by atoms with Crippen LogP contribution in [-0.2, 0) is 6.54 Å². The van der Waals surface area contributed by atoms with E-state index in [1.165, 1.54) is 18.5 Å². The molecular formula is C19H30IN7. The number of nitrogens with one attached hydrogen (secondary N) is 2. The van der Waals surface area contributed by atoms with E-state index in [-0.39, 0.29) is 24.0 Å². The average molecular weight is 483 g/mol. The van der Waals surface area contributed by atoms with E-state index in [2.05, 4.69) is 61.1 Å². The Balaban J connectivity index is 0.00000261. The molecule has 27 heavy (non-hydrogen) atoms. The van der Waals surface area contributed by atoms with Gasteiger partial charge >= 0.3 is 0 Å². The summed E-state index contributed by atoms with van der Waals surface area (Å²) in [7, 11) is 1.84. The predicted molar refractivity (Wildman–Crippen MR) is 121 cm³/mol. The maximum absolute atomic E-state index is 4.38. The first-order valence-corrected chi connectivity index (χ1v) is 9.45. The highest BCUT2D eigenvalue weighted by Crippen LogP contribution is 2.19. The zero-order valence-corrected chi connectivity index (χ0v) is 18.3. The van der Waals surface area contributed by atoms with Crippen molar-refractivity contribution in [1.82, 2.24) is 25.4 Å². The molecule has 7 nitrogen and oxygen atoms in total. The lowest BCUT2D eigenvalue weighted by Gasteiger charge is -2.35. The highest BCUT2D eigenvalue weighted by molar-refractivity contribution is 14.0. The van der Waals surface area contributed by atoms with Crippen LogP contribution < -0.4 is 15.5 Å². The third-order valence-electron chi connectivity index (χ3n) is 4.71. The molecule has 1 aromatic carbocycles. The maximum atomic E-state index is 4.38. The van der Waals surface area contributed by atoms with E-state index in [9.17, 15) is 0 Å². The number of aromatic nitrogens is 3. The summed E-state index contributed by atoms with van der Waals surface area (Å²) in [5.41, 5.74) is 1.30. The van der Waals surface area contributed by atoms with Gasteiger partial charge in [0.1, 0.15) is 12.7 Å². The zero-order valence-electron chi connectivity index (χ0n) is 15.9. The first-order valence-electron chi connectivity index (χ1n) is 9.45. The van der Waals surface area contributed by atoms with Gasteiger partial charge in [-0.1, -0.05) is 18.2 Å². The summed E-state index contributed by atoms with van der Waals surface area (Å²) < 4.78 is 2.01. The van der Waals surface area contributed by atoms with Gasteiger partial charge in [-0.3, -0.25) is 4.99 Å². The van der Waals surface area contributed by atoms with E-state index in [0.29, 0.717) is 6.04 Å². The van der Waals surface area contributed by atoms with E-state index in [1.807, 2.05) is 11.6 Å². The molecule has 3 rings (SSSR count). The first kappa shape index (κ1) is 21.5. The van der Waals surface area contributed by atoms with Gasteiger partial charge in [0.2, 0.25) is 0 Å². The molecule has 1 aliphatic rings. The van der Waals surface area contributed by atoms with Gasteiger partial charge in [0.25, 0.3) is 0 Å². The summed E-state index contributed by atoms with van der Waals surface area (Å²) in [4.78, 5) is 6.83. The van der Waals surface area contributed by atoms with Gasteiger partial charge < -0.3 is 20.1 Å². The smallest absolute Gasteiger partial charge is 0.191 e. The summed E-state index contributed by atoms with van der Waals surface area (Å²) in [5, 5.41) is 14.7. The Bertz CT molecular complexity index is 660. The van der Waals surface area contributed by atoms with E-state index in [1.54, 1.807) is 12.7 Å². The molecule has 8 heteroatoms. The molecule has 1 fully saturated rings. The minimum Gasteiger partial charge on any atom is -0.369 e. The van der Waals surface area contributed by atoms with Crippen molar-refractivity contribution in [3.8, 4) is 0 Å². The lowest BCUT2D eigenvalue weighted by atomic mass is 10.1. The minimum atomic E-state index is 0. The van der Waals surface area contributed by atoms with Crippen molar-refractivity contribution in [2.24, 2.45) is 4.99 Å². The van der Waals surface area contributed by atoms with E-state index >= 15 is 0 Å². The van der Waals surface area contributed by atoms with Crippen molar-refractivity contribution in [3.05, 3.63) is 43.0 Å². The number of piperidine rings is 1. The highest BCUT2D eigenvalue weighted by atomic mass is 127. The number of aliphatic imine (C=N–C) groups is 1. The predicted octanol–water partition coefficient (Wildman–Crippen LogP) is 2.51. The molecule has 1 unspecified atom stereocenters. The fourth-order valence-corrected chi connectivity index (χ4v) is 3.32. The van der Waals surface area contributed by atoms with Crippen LogP contribution in [-0.4, -0.2) is 53.4 Å². The number of nitrogens with zero attached hydrogens (tertiary/aromatic N) is 5. The van der Waals surface area contributed by atoms with Crippen LogP contribution in [0.5, 0.6) is 0 Å². The van der Waals surface area contributed by atoms with Crippen LogP contribution in [0, 0.1) is 0 Å². The molecule has 0 aliphatic carbocycles. The van der Waals surface area contributed by atoms with Crippen molar-refractivity contribution >= 4 is 35.6 Å². The van der Waals surface area contributed by atoms with E-state index in [0.717, 1.165) is 45.0 Å². The van der Waals surface area contributed by atoms with Crippen LogP contribution in [0.2, 0.25) is 0 Å². The summed E-state index contributed by atoms with van der Waals surface area (Å²) in [6, 6.07) is 11.1. The number of benzene rings is 1. The molecular weight excluding hydrogens is 453 g/mol. The number of rotatable bonds is 7. The topological polar surface area (TPSA) is 70.4 Å². The van der Waals surface area contributed by atoms with Crippen molar-refractivity contribution in [3.63, 3.8) is 0 Å². The number of aryl methyl sites for hydroxylation is 1. The lowest BCUT2D eigenvalue weighted by molar-refractivity contribution is 0.467. The Morgan fingerprint density at radius 1 is 1.19 bits per heavy atom. The second kappa shape index (κ2) is 11.8. The SMILES string of the molecule is CN=C(NCCCCn1cnnc1)NC1CCCN(c2ccccc2)C1.I. The number of hydrogen-bond acceptors (Lipinski definition) is 4. The molecule has 1 atom stereocenters. The summed E-state index contributed by atoms with van der Waals surface area (Å²) in [6.07, 6.45) is 8.07. The van der Waals surface area contributed by atoms with Crippen LogP contribution in [0.15, 0.2) is 48.0 Å². The molecule has 0 amide bonds. The molecule has 2 aromatic rings. The lowest BCUT2D eigenvalue weighted by Crippen LogP contribution is -2.51. The van der Waals surface area contributed by atoms with Crippen molar-refractivity contribution in [2.45, 2.75) is 38.3 Å². The largest absolute Gasteiger partial charge is 0.369 e. The van der Waals surface area contributed by atoms with E-state index in [4.69, 9.17) is 0 Å². The molecule has 1 aliphatic heterocycles. The Morgan fingerprint density at radius 2 is 1.96 bits per heavy atom. The summed E-state index contributed by atoms with van der Waals surface area (Å²) >= 11 is 0. The normalized spacial score (nSPS) is 17.3. The van der Waals surface area contributed by atoms with Crippen LogP contribution in [0.1, 0.15) is 25.7 Å². The Labute approximate surface area is 178 Å². The van der Waals surface area contributed by atoms with Gasteiger partial charge in [-0.25, -0.2) is 0 Å². The minimum absolute atomic E-state index is 0. The number of para-hydroxylation sites is 1. The van der Waals surface area contributed by atoms with Gasteiger partial charge in [0.05, 0.1) is 0 Å². The van der Waals surface area contributed by atoms with Crippen LogP contribution in [0.3, 0.4) is 0 Å². The van der Waals surface area contributed by atoms with Gasteiger partial charge in [-0.2, -0.15) is 0 Å². The molecule has 1 saturated heterocycles. The summed E-state index contributed by atoms with van der Waals surface area (Å²) in [6.45, 7) is 4.00. The van der Waals surface area contributed by atoms with E-state index < -0.39 is 0 Å². The fourth-order valence-electron chi connectivity index (χ4n) is 3.32.